The Labute approximate surface area is 212 Å². The zero-order chi connectivity index (χ0) is 26.0. The van der Waals surface area contributed by atoms with Crippen molar-refractivity contribution in [3.05, 3.63) is 16.1 Å². The molecule has 1 aromatic heterocycles. The summed E-state index contributed by atoms with van der Waals surface area (Å²) in [6, 6.07) is -2.05. The van der Waals surface area contributed by atoms with E-state index in [0.717, 1.165) is 6.42 Å². The molecule has 14 heteroatoms. The maximum atomic E-state index is 13.3. The fourth-order valence-electron chi connectivity index (χ4n) is 3.76. The Morgan fingerprint density at radius 1 is 1.29 bits per heavy atom. The first-order valence-corrected chi connectivity index (χ1v) is 13.5. The molecule has 0 aromatic carbocycles. The van der Waals surface area contributed by atoms with Gasteiger partial charge in [0.15, 0.2) is 5.96 Å². The molecule has 3 amide bonds. The number of likely N-dealkylation sites (tertiary alicyclic amines) is 1. The van der Waals surface area contributed by atoms with E-state index in [9.17, 15) is 24.3 Å². The maximum absolute atomic E-state index is 13.3. The van der Waals surface area contributed by atoms with Crippen molar-refractivity contribution in [2.45, 2.75) is 57.2 Å². The molecule has 1 fully saturated rings. The number of carbonyl (C=O) groups is 4. The van der Waals surface area contributed by atoms with Crippen LogP contribution in [0.5, 0.6) is 0 Å². The highest BCUT2D eigenvalue weighted by Crippen LogP contribution is 2.34. The van der Waals surface area contributed by atoms with E-state index >= 15 is 0 Å². The zero-order valence-electron chi connectivity index (χ0n) is 19.9. The predicted octanol–water partition coefficient (Wildman–Crippen LogP) is 0.301. The largest absolute Gasteiger partial charge is 0.480 e. The number of carbonyl (C=O) groups excluding carboxylic acids is 3. The second-order valence-corrected chi connectivity index (χ2v) is 9.98. The van der Waals surface area contributed by atoms with E-state index in [1.54, 1.807) is 10.3 Å². The summed E-state index contributed by atoms with van der Waals surface area (Å²) in [5.41, 5.74) is 10.8. The van der Waals surface area contributed by atoms with Crippen LogP contribution < -0.4 is 22.1 Å². The van der Waals surface area contributed by atoms with Gasteiger partial charge in [-0.2, -0.15) is 11.8 Å². The van der Waals surface area contributed by atoms with E-state index in [4.69, 9.17) is 11.5 Å². The normalized spacial score (nSPS) is 16.9. The minimum absolute atomic E-state index is 0.0328. The molecule has 0 saturated carbocycles. The molecule has 0 radical (unpaired) electrons. The van der Waals surface area contributed by atoms with Crippen LogP contribution in [-0.4, -0.2) is 81.8 Å². The van der Waals surface area contributed by atoms with Gasteiger partial charge in [0.1, 0.15) is 22.8 Å². The number of rotatable bonds is 13. The molecule has 0 aliphatic carbocycles. The summed E-state index contributed by atoms with van der Waals surface area (Å²) < 4.78 is 0. The average Bonchev–Trinajstić information content (AvgIpc) is 3.47. The number of hydrogen-bond donors (Lipinski definition) is 5. The smallest absolute Gasteiger partial charge is 0.326 e. The van der Waals surface area contributed by atoms with Crippen molar-refractivity contribution in [2.24, 2.45) is 16.5 Å². The highest BCUT2D eigenvalue weighted by atomic mass is 32.2. The minimum atomic E-state index is -1.10. The fourth-order valence-corrected chi connectivity index (χ4v) is 5.18. The number of guanidine groups is 1. The predicted molar refractivity (Wildman–Crippen MR) is 135 cm³/mol. The molecule has 7 N–H and O–H groups in total. The molecule has 1 saturated heterocycles. The van der Waals surface area contributed by atoms with E-state index < -0.39 is 24.0 Å². The summed E-state index contributed by atoms with van der Waals surface area (Å²) in [7, 11) is 0. The van der Waals surface area contributed by atoms with Crippen LogP contribution in [0.4, 0.5) is 0 Å². The number of nitrogens with zero attached hydrogens (tertiary/aromatic N) is 3. The van der Waals surface area contributed by atoms with Gasteiger partial charge in [0.05, 0.1) is 6.04 Å². The van der Waals surface area contributed by atoms with E-state index in [1.807, 2.05) is 6.26 Å². The summed E-state index contributed by atoms with van der Waals surface area (Å²) in [6.07, 6.45) is 4.48. The number of nitrogens with two attached hydrogens (primary N) is 2. The highest BCUT2D eigenvalue weighted by Gasteiger charge is 2.36. The molecular weight excluding hydrogens is 494 g/mol. The lowest BCUT2D eigenvalue weighted by molar-refractivity contribution is -0.139. The van der Waals surface area contributed by atoms with Crippen molar-refractivity contribution >= 4 is 52.7 Å². The van der Waals surface area contributed by atoms with Gasteiger partial charge in [-0.1, -0.05) is 0 Å². The molecule has 1 aliphatic heterocycles. The number of carboxylic acids is 1. The first kappa shape index (κ1) is 28.4. The van der Waals surface area contributed by atoms with Crippen molar-refractivity contribution in [1.82, 2.24) is 20.5 Å². The van der Waals surface area contributed by atoms with Crippen LogP contribution in [0.15, 0.2) is 10.4 Å². The maximum Gasteiger partial charge on any atom is 0.326 e. The summed E-state index contributed by atoms with van der Waals surface area (Å²) in [5, 5.41) is 16.7. The number of aromatic nitrogens is 1. The van der Waals surface area contributed by atoms with Crippen LogP contribution in [0, 0.1) is 0 Å². The van der Waals surface area contributed by atoms with Gasteiger partial charge in [-0.15, -0.1) is 11.3 Å². The quantitative estimate of drug-likeness (QED) is 0.136. The van der Waals surface area contributed by atoms with Crippen molar-refractivity contribution in [2.75, 3.05) is 25.1 Å². The Bertz CT molecular complexity index is 935. The fraction of sp³-hybridized carbons (Fsp3) is 0.619. The number of aliphatic imine (C=N–C) groups is 1. The lowest BCUT2D eigenvalue weighted by atomic mass is 10.1. The summed E-state index contributed by atoms with van der Waals surface area (Å²) in [6.45, 7) is 2.20. The summed E-state index contributed by atoms with van der Waals surface area (Å²) in [4.78, 5) is 59.1. The topological polar surface area (TPSA) is 193 Å². The number of nitrogens with one attached hydrogen (secondary N) is 2. The van der Waals surface area contributed by atoms with Crippen molar-refractivity contribution in [3.63, 3.8) is 0 Å². The third-order valence-electron chi connectivity index (χ3n) is 5.41. The number of hydrogen-bond acceptors (Lipinski definition) is 8. The van der Waals surface area contributed by atoms with E-state index in [2.05, 4.69) is 20.6 Å². The second kappa shape index (κ2) is 13.9. The number of thiazole rings is 1. The van der Waals surface area contributed by atoms with Crippen LogP contribution in [0.2, 0.25) is 0 Å². The summed E-state index contributed by atoms with van der Waals surface area (Å²) >= 11 is 2.75. The van der Waals surface area contributed by atoms with Crippen LogP contribution in [0.3, 0.4) is 0 Å². The van der Waals surface area contributed by atoms with E-state index in [1.165, 1.54) is 30.0 Å². The molecule has 2 rings (SSSR count). The van der Waals surface area contributed by atoms with Gasteiger partial charge in [-0.25, -0.2) is 9.78 Å². The van der Waals surface area contributed by atoms with Crippen molar-refractivity contribution < 1.29 is 24.3 Å². The number of aliphatic carboxylic acids is 1. The molecule has 0 bridgehead atoms. The van der Waals surface area contributed by atoms with Gasteiger partial charge < -0.3 is 32.1 Å². The Morgan fingerprint density at radius 3 is 2.66 bits per heavy atom. The number of amides is 3. The van der Waals surface area contributed by atoms with Crippen LogP contribution >= 0.6 is 23.1 Å². The lowest BCUT2D eigenvalue weighted by Gasteiger charge is -2.28. The van der Waals surface area contributed by atoms with Crippen molar-refractivity contribution in [3.8, 4) is 0 Å². The van der Waals surface area contributed by atoms with Crippen LogP contribution in [-0.2, 0) is 14.4 Å². The van der Waals surface area contributed by atoms with E-state index in [0.29, 0.717) is 49.5 Å². The summed E-state index contributed by atoms with van der Waals surface area (Å²) in [5.74, 6) is -1.64. The standard InChI is InChI=1S/C21H33N7O5S2/c1-12(29)25-13(5-3-8-24-21(22)23)19(31)28-9-4-6-16(28)18-27-15(11-35-18)17(30)26-14(20(32)33)7-10-34-2/h11,13-14,16H,3-10H2,1-2H3,(H,25,29)(H,26,30)(H,32,33)(H4,22,23,24). The Kier molecular flexibility index (Phi) is 11.2. The SMILES string of the molecule is CSCCC(NC(=O)c1csc(C2CCCN2C(=O)C(CCCN=C(N)N)NC(C)=O)n1)C(=O)O. The van der Waals surface area contributed by atoms with Gasteiger partial charge in [0, 0.05) is 25.4 Å². The first-order valence-electron chi connectivity index (χ1n) is 11.2. The second-order valence-electron chi connectivity index (χ2n) is 8.11. The molecule has 3 unspecified atom stereocenters. The molecule has 1 aromatic rings. The lowest BCUT2D eigenvalue weighted by Crippen LogP contribution is -2.47. The number of thioether (sulfide) groups is 1. The van der Waals surface area contributed by atoms with Crippen LogP contribution in [0.1, 0.15) is 60.6 Å². The Balaban J connectivity index is 2.10. The zero-order valence-corrected chi connectivity index (χ0v) is 21.5. The van der Waals surface area contributed by atoms with Crippen molar-refractivity contribution in [1.29, 1.82) is 0 Å². The molecule has 194 valence electrons. The molecule has 35 heavy (non-hydrogen) atoms. The average molecular weight is 528 g/mol. The number of carboxylic acid groups (broad SMARTS) is 1. The van der Waals surface area contributed by atoms with Gasteiger partial charge in [-0.3, -0.25) is 19.4 Å². The molecule has 3 atom stereocenters. The first-order chi connectivity index (χ1) is 16.6. The van der Waals surface area contributed by atoms with Gasteiger partial charge in [0.25, 0.3) is 5.91 Å². The van der Waals surface area contributed by atoms with Gasteiger partial charge >= 0.3 is 5.97 Å². The molecule has 2 heterocycles. The Hall–Kier alpha value is -2.87. The molecule has 12 nitrogen and oxygen atoms in total. The monoisotopic (exact) mass is 527 g/mol. The van der Waals surface area contributed by atoms with Gasteiger partial charge in [-0.05, 0) is 44.1 Å². The molecule has 0 spiro atoms. The third-order valence-corrected chi connectivity index (χ3v) is 7.00. The van der Waals surface area contributed by atoms with Crippen LogP contribution in [0.25, 0.3) is 0 Å². The third kappa shape index (κ3) is 8.69. The highest BCUT2D eigenvalue weighted by molar-refractivity contribution is 7.98. The molecule has 1 aliphatic rings. The molecular formula is C21H33N7O5S2. The van der Waals surface area contributed by atoms with Gasteiger partial charge in [0.2, 0.25) is 11.8 Å². The minimum Gasteiger partial charge on any atom is -0.480 e. The van der Waals surface area contributed by atoms with E-state index in [-0.39, 0.29) is 29.5 Å². The Morgan fingerprint density at radius 2 is 2.03 bits per heavy atom.